The number of thiophene rings is 2. The molecule has 7 nitrogen and oxygen atoms in total. The van der Waals surface area contributed by atoms with Crippen molar-refractivity contribution in [1.29, 1.82) is 0 Å². The van der Waals surface area contributed by atoms with E-state index >= 15 is 0 Å². The quantitative estimate of drug-likeness (QED) is 0.135. The second kappa shape index (κ2) is 10.9. The minimum Gasteiger partial charge on any atom is -0.462 e. The number of carbonyl (C=O) groups is 2. The highest BCUT2D eigenvalue weighted by molar-refractivity contribution is 7.99. The number of fused-ring (bicyclic) bond motifs is 4. The fourth-order valence-corrected chi connectivity index (χ4v) is 8.41. The van der Waals surface area contributed by atoms with E-state index in [-0.39, 0.29) is 29.8 Å². The number of esters is 1. The fourth-order valence-electron chi connectivity index (χ4n) is 5.00. The number of nitrogens with zero attached hydrogens (tertiary/aromatic N) is 2. The minimum absolute atomic E-state index is 0.0613. The van der Waals surface area contributed by atoms with Crippen molar-refractivity contribution >= 4 is 61.5 Å². The van der Waals surface area contributed by atoms with Crippen LogP contribution in [0.5, 0.6) is 0 Å². The van der Waals surface area contributed by atoms with Crippen LogP contribution in [0, 0.1) is 0 Å². The lowest BCUT2D eigenvalue weighted by Gasteiger charge is -2.11. The van der Waals surface area contributed by atoms with Crippen molar-refractivity contribution in [2.75, 3.05) is 17.7 Å². The number of ether oxygens (including phenoxy) is 1. The summed E-state index contributed by atoms with van der Waals surface area (Å²) < 4.78 is 6.93. The van der Waals surface area contributed by atoms with Crippen LogP contribution in [0.15, 0.2) is 22.6 Å². The van der Waals surface area contributed by atoms with E-state index in [1.165, 1.54) is 28.0 Å². The van der Waals surface area contributed by atoms with E-state index in [1.807, 2.05) is 0 Å². The molecule has 1 N–H and O–H groups in total. The number of amides is 1. The molecule has 0 atom stereocenters. The molecule has 0 radical (unpaired) electrons. The summed E-state index contributed by atoms with van der Waals surface area (Å²) in [5.74, 6) is -0.543. The highest BCUT2D eigenvalue weighted by atomic mass is 32.2. The Hall–Kier alpha value is -2.43. The Labute approximate surface area is 222 Å². The van der Waals surface area contributed by atoms with Crippen LogP contribution in [-0.2, 0) is 41.8 Å². The summed E-state index contributed by atoms with van der Waals surface area (Å²) in [5, 5.41) is 4.75. The second-order valence-corrected chi connectivity index (χ2v) is 12.1. The molecule has 3 heterocycles. The van der Waals surface area contributed by atoms with E-state index < -0.39 is 0 Å². The zero-order valence-electron chi connectivity index (χ0n) is 20.3. The maximum atomic E-state index is 13.3. The number of aryl methyl sites for hydroxylation is 3. The Kier molecular flexibility index (Phi) is 7.64. The van der Waals surface area contributed by atoms with Gasteiger partial charge in [0.05, 0.1) is 23.3 Å². The molecule has 0 fully saturated rings. The highest BCUT2D eigenvalue weighted by Crippen LogP contribution is 2.38. The third-order valence-corrected chi connectivity index (χ3v) is 9.96. The van der Waals surface area contributed by atoms with Gasteiger partial charge in [0.1, 0.15) is 9.83 Å². The number of nitrogens with one attached hydrogen (secondary N) is 1. The van der Waals surface area contributed by atoms with Gasteiger partial charge in [-0.05, 0) is 63.0 Å². The van der Waals surface area contributed by atoms with E-state index in [2.05, 4.69) is 11.9 Å². The van der Waals surface area contributed by atoms with Crippen molar-refractivity contribution in [3.8, 4) is 0 Å². The first-order valence-electron chi connectivity index (χ1n) is 12.4. The number of rotatable bonds is 8. The molecule has 10 heteroatoms. The molecule has 2 aliphatic rings. The molecular formula is C26H29N3O4S3. The largest absolute Gasteiger partial charge is 0.462 e. The molecule has 3 aromatic rings. The maximum absolute atomic E-state index is 13.3. The SMILES string of the molecule is C=CCn1c(SCC(=O)Nc2sc3c(c2C(=O)OCC)CCCCC3)nc2sc3c(c2c1=O)CCC3. The lowest BCUT2D eigenvalue weighted by atomic mass is 10.1. The lowest BCUT2D eigenvalue weighted by molar-refractivity contribution is -0.113. The van der Waals surface area contributed by atoms with E-state index in [9.17, 15) is 14.4 Å². The summed E-state index contributed by atoms with van der Waals surface area (Å²) in [5.41, 5.74) is 2.61. The molecule has 3 aromatic heterocycles. The standard InChI is InChI=1S/C26H29N3O4S3/c1-3-13-29-24(31)20-15-10-8-12-18(15)35-22(20)28-26(29)34-14-19(30)27-23-21(25(32)33-4-2)16-9-6-5-7-11-17(16)36-23/h3H,1,4-14H2,2H3,(H,27,30). The zero-order valence-corrected chi connectivity index (χ0v) is 22.8. The molecule has 36 heavy (non-hydrogen) atoms. The Morgan fingerprint density at radius 2 is 1.86 bits per heavy atom. The predicted octanol–water partition coefficient (Wildman–Crippen LogP) is 5.37. The second-order valence-electron chi connectivity index (χ2n) is 8.96. The van der Waals surface area contributed by atoms with Gasteiger partial charge in [0.15, 0.2) is 5.16 Å². The van der Waals surface area contributed by atoms with Crippen LogP contribution in [0.25, 0.3) is 10.2 Å². The van der Waals surface area contributed by atoms with Gasteiger partial charge in [-0.2, -0.15) is 0 Å². The first-order valence-corrected chi connectivity index (χ1v) is 15.0. The molecule has 0 unspecified atom stereocenters. The van der Waals surface area contributed by atoms with Gasteiger partial charge >= 0.3 is 5.97 Å². The number of hydrogen-bond donors (Lipinski definition) is 1. The number of allylic oxidation sites excluding steroid dienone is 1. The van der Waals surface area contributed by atoms with Crippen LogP contribution in [0.1, 0.15) is 63.8 Å². The molecule has 0 aliphatic heterocycles. The highest BCUT2D eigenvalue weighted by Gasteiger charge is 2.27. The summed E-state index contributed by atoms with van der Waals surface area (Å²) in [7, 11) is 0. The topological polar surface area (TPSA) is 90.3 Å². The molecule has 0 saturated heterocycles. The first-order chi connectivity index (χ1) is 17.5. The van der Waals surface area contributed by atoms with Gasteiger partial charge in [-0.3, -0.25) is 14.2 Å². The van der Waals surface area contributed by atoms with Gasteiger partial charge in [-0.1, -0.05) is 24.3 Å². The predicted molar refractivity (Wildman–Crippen MR) is 147 cm³/mol. The smallest absolute Gasteiger partial charge is 0.341 e. The molecule has 0 spiro atoms. The van der Waals surface area contributed by atoms with Crippen LogP contribution < -0.4 is 10.9 Å². The molecule has 1 amide bonds. The molecule has 0 saturated carbocycles. The molecule has 190 valence electrons. The van der Waals surface area contributed by atoms with Crippen molar-refractivity contribution in [2.45, 2.75) is 70.0 Å². The number of hydrogen-bond acceptors (Lipinski definition) is 8. The molecule has 0 bridgehead atoms. The lowest BCUT2D eigenvalue weighted by Crippen LogP contribution is -2.24. The van der Waals surface area contributed by atoms with Crippen molar-refractivity contribution in [3.05, 3.63) is 49.5 Å². The average molecular weight is 544 g/mol. The maximum Gasteiger partial charge on any atom is 0.341 e. The zero-order chi connectivity index (χ0) is 25.2. The van der Waals surface area contributed by atoms with Crippen LogP contribution in [0.2, 0.25) is 0 Å². The molecule has 5 rings (SSSR count). The molecule has 0 aromatic carbocycles. The Balaban J connectivity index is 1.39. The summed E-state index contributed by atoms with van der Waals surface area (Å²) in [4.78, 5) is 47.1. The molecular weight excluding hydrogens is 515 g/mol. The summed E-state index contributed by atoms with van der Waals surface area (Å²) >= 11 is 4.31. The number of anilines is 1. The summed E-state index contributed by atoms with van der Waals surface area (Å²) in [6.07, 6.45) is 9.66. The van der Waals surface area contributed by atoms with Gasteiger partial charge in [-0.25, -0.2) is 9.78 Å². The summed E-state index contributed by atoms with van der Waals surface area (Å²) in [6.45, 7) is 6.20. The normalized spacial score (nSPS) is 14.8. The van der Waals surface area contributed by atoms with Crippen LogP contribution in [0.3, 0.4) is 0 Å². The van der Waals surface area contributed by atoms with Gasteiger partial charge in [0.2, 0.25) is 5.91 Å². The van der Waals surface area contributed by atoms with Crippen LogP contribution in [-0.4, -0.2) is 33.8 Å². The third-order valence-electron chi connectivity index (χ3n) is 6.59. The number of carbonyl (C=O) groups excluding carboxylic acids is 2. The van der Waals surface area contributed by atoms with Crippen LogP contribution in [0.4, 0.5) is 5.00 Å². The van der Waals surface area contributed by atoms with Gasteiger partial charge in [-0.15, -0.1) is 29.3 Å². The Bertz CT molecular complexity index is 1400. The van der Waals surface area contributed by atoms with E-state index in [1.54, 1.807) is 28.9 Å². The monoisotopic (exact) mass is 543 g/mol. The fraction of sp³-hybridized carbons (Fsp3) is 0.462. The molecule has 2 aliphatic carbocycles. The van der Waals surface area contributed by atoms with E-state index in [0.717, 1.165) is 77.6 Å². The average Bonchev–Trinajstić information content (AvgIpc) is 3.48. The van der Waals surface area contributed by atoms with Gasteiger partial charge in [0, 0.05) is 16.3 Å². The summed E-state index contributed by atoms with van der Waals surface area (Å²) in [6, 6.07) is 0. The van der Waals surface area contributed by atoms with Crippen molar-refractivity contribution in [2.24, 2.45) is 0 Å². The Morgan fingerprint density at radius 3 is 2.67 bits per heavy atom. The van der Waals surface area contributed by atoms with Crippen molar-refractivity contribution < 1.29 is 14.3 Å². The van der Waals surface area contributed by atoms with E-state index in [4.69, 9.17) is 9.72 Å². The van der Waals surface area contributed by atoms with Crippen molar-refractivity contribution in [3.63, 3.8) is 0 Å². The number of thioether (sulfide) groups is 1. The van der Waals surface area contributed by atoms with Crippen molar-refractivity contribution in [1.82, 2.24) is 9.55 Å². The Morgan fingerprint density at radius 1 is 1.11 bits per heavy atom. The van der Waals surface area contributed by atoms with Gasteiger partial charge in [0.25, 0.3) is 5.56 Å². The third kappa shape index (κ3) is 4.78. The van der Waals surface area contributed by atoms with E-state index in [0.29, 0.717) is 22.3 Å². The first kappa shape index (κ1) is 25.2. The minimum atomic E-state index is -0.377. The van der Waals surface area contributed by atoms with Gasteiger partial charge < -0.3 is 10.1 Å². The van der Waals surface area contributed by atoms with Crippen LogP contribution >= 0.6 is 34.4 Å². The number of aromatic nitrogens is 2.